The monoisotopic (exact) mass is 273 g/mol. The van der Waals surface area contributed by atoms with Crippen molar-refractivity contribution in [2.75, 3.05) is 12.4 Å². The fourth-order valence-corrected chi connectivity index (χ4v) is 3.06. The molecule has 1 aliphatic rings. The summed E-state index contributed by atoms with van der Waals surface area (Å²) in [5.74, 6) is 1.08. The average Bonchev–Trinajstić information content (AvgIpc) is 2.81. The lowest BCUT2D eigenvalue weighted by molar-refractivity contribution is 0.393. The molecule has 0 heterocycles. The van der Waals surface area contributed by atoms with Crippen molar-refractivity contribution in [2.45, 2.75) is 25.8 Å². The largest absolute Gasteiger partial charge is 0.312 e. The van der Waals surface area contributed by atoms with E-state index in [4.69, 9.17) is 11.6 Å². The normalized spacial score (nSPS) is 23.5. The minimum absolute atomic E-state index is 0.357. The van der Waals surface area contributed by atoms with Crippen molar-refractivity contribution < 1.29 is 8.78 Å². The summed E-state index contributed by atoms with van der Waals surface area (Å²) < 4.78 is 26.4. The molecule has 0 amide bonds. The molecule has 4 heteroatoms. The highest BCUT2D eigenvalue weighted by Gasteiger charge is 2.25. The van der Waals surface area contributed by atoms with Crippen molar-refractivity contribution in [3.05, 3.63) is 35.4 Å². The molecule has 2 rings (SSSR count). The molecule has 1 nitrogen and oxygen atoms in total. The van der Waals surface area contributed by atoms with Gasteiger partial charge in [0.15, 0.2) is 0 Å². The SMILES string of the molecule is Fc1ccc(F)c(CNCC2CCCC2CCl)c1. The third-order valence-electron chi connectivity index (χ3n) is 3.74. The van der Waals surface area contributed by atoms with Crippen molar-refractivity contribution in [3.8, 4) is 0 Å². The van der Waals surface area contributed by atoms with Gasteiger partial charge in [0.05, 0.1) is 0 Å². The Labute approximate surface area is 112 Å². The molecule has 0 saturated heterocycles. The smallest absolute Gasteiger partial charge is 0.127 e. The van der Waals surface area contributed by atoms with Gasteiger partial charge in [-0.3, -0.25) is 0 Å². The van der Waals surface area contributed by atoms with Crippen LogP contribution in [0.5, 0.6) is 0 Å². The van der Waals surface area contributed by atoms with Crippen LogP contribution in [0.1, 0.15) is 24.8 Å². The maximum absolute atomic E-state index is 13.4. The van der Waals surface area contributed by atoms with Gasteiger partial charge in [-0.2, -0.15) is 0 Å². The Morgan fingerprint density at radius 2 is 2.00 bits per heavy atom. The fraction of sp³-hybridized carbons (Fsp3) is 0.571. The minimum Gasteiger partial charge on any atom is -0.312 e. The third kappa shape index (κ3) is 3.42. The van der Waals surface area contributed by atoms with Crippen molar-refractivity contribution >= 4 is 11.6 Å². The van der Waals surface area contributed by atoms with Crippen molar-refractivity contribution in [2.24, 2.45) is 11.8 Å². The van der Waals surface area contributed by atoms with Crippen LogP contribution in [0.25, 0.3) is 0 Å². The first-order valence-electron chi connectivity index (χ1n) is 6.41. The lowest BCUT2D eigenvalue weighted by Crippen LogP contribution is -2.26. The molecule has 0 spiro atoms. The van der Waals surface area contributed by atoms with Crippen LogP contribution in [0.4, 0.5) is 8.78 Å². The van der Waals surface area contributed by atoms with E-state index >= 15 is 0 Å². The predicted molar refractivity (Wildman–Crippen MR) is 69.6 cm³/mol. The standard InChI is InChI=1S/C14H18ClF2N/c15-7-10-2-1-3-11(10)8-18-9-12-6-13(16)4-5-14(12)17/h4-6,10-11,18H,1-3,7-9H2. The highest BCUT2D eigenvalue weighted by molar-refractivity contribution is 6.18. The molecule has 1 aliphatic carbocycles. The Bertz CT molecular complexity index is 397. The van der Waals surface area contributed by atoms with Crippen LogP contribution in [-0.4, -0.2) is 12.4 Å². The number of halogens is 3. The second-order valence-electron chi connectivity index (χ2n) is 4.97. The van der Waals surface area contributed by atoms with Gasteiger partial charge in [0, 0.05) is 18.0 Å². The summed E-state index contributed by atoms with van der Waals surface area (Å²) in [6.45, 7) is 1.20. The van der Waals surface area contributed by atoms with Crippen molar-refractivity contribution in [1.29, 1.82) is 0 Å². The quantitative estimate of drug-likeness (QED) is 0.807. The van der Waals surface area contributed by atoms with E-state index in [0.29, 0.717) is 29.8 Å². The first kappa shape index (κ1) is 13.8. The second-order valence-corrected chi connectivity index (χ2v) is 5.28. The molecule has 1 aromatic rings. The first-order chi connectivity index (χ1) is 8.70. The molecule has 1 fully saturated rings. The number of hydrogen-bond acceptors (Lipinski definition) is 1. The van der Waals surface area contributed by atoms with E-state index in [2.05, 4.69) is 5.32 Å². The molecule has 0 bridgehead atoms. The fourth-order valence-electron chi connectivity index (χ4n) is 2.66. The Balaban J connectivity index is 1.83. The van der Waals surface area contributed by atoms with E-state index in [1.54, 1.807) is 0 Å². The van der Waals surface area contributed by atoms with Gasteiger partial charge in [0.25, 0.3) is 0 Å². The van der Waals surface area contributed by atoms with Crippen molar-refractivity contribution in [3.63, 3.8) is 0 Å². The third-order valence-corrected chi connectivity index (χ3v) is 4.14. The predicted octanol–water partition coefficient (Wildman–Crippen LogP) is 3.71. The van der Waals surface area contributed by atoms with E-state index in [1.807, 2.05) is 0 Å². The summed E-state index contributed by atoms with van der Waals surface area (Å²) in [5, 5.41) is 3.21. The van der Waals surface area contributed by atoms with Gasteiger partial charge in [-0.15, -0.1) is 11.6 Å². The van der Waals surface area contributed by atoms with Crippen LogP contribution in [0.2, 0.25) is 0 Å². The second kappa shape index (κ2) is 6.48. The minimum atomic E-state index is -0.396. The summed E-state index contributed by atoms with van der Waals surface area (Å²) in [6, 6.07) is 3.55. The maximum Gasteiger partial charge on any atom is 0.127 e. The summed E-state index contributed by atoms with van der Waals surface area (Å²) in [6.07, 6.45) is 3.58. The number of rotatable bonds is 5. The van der Waals surface area contributed by atoms with Gasteiger partial charge in [-0.1, -0.05) is 6.42 Å². The molecule has 18 heavy (non-hydrogen) atoms. The summed E-state index contributed by atoms with van der Waals surface area (Å²) in [5.41, 5.74) is 0.385. The van der Waals surface area contributed by atoms with Gasteiger partial charge in [0.1, 0.15) is 11.6 Å². The van der Waals surface area contributed by atoms with Gasteiger partial charge >= 0.3 is 0 Å². The topological polar surface area (TPSA) is 12.0 Å². The Morgan fingerprint density at radius 3 is 2.78 bits per heavy atom. The Hall–Kier alpha value is -0.670. The molecule has 0 radical (unpaired) electrons. The zero-order chi connectivity index (χ0) is 13.0. The van der Waals surface area contributed by atoms with E-state index in [1.165, 1.54) is 31.4 Å². The van der Waals surface area contributed by atoms with Crippen LogP contribution in [0, 0.1) is 23.5 Å². The lowest BCUT2D eigenvalue weighted by atomic mass is 9.98. The molecule has 2 atom stereocenters. The van der Waals surface area contributed by atoms with E-state index in [0.717, 1.165) is 12.6 Å². The molecule has 0 aromatic heterocycles. The van der Waals surface area contributed by atoms with Gasteiger partial charge < -0.3 is 5.32 Å². The van der Waals surface area contributed by atoms with Crippen LogP contribution in [0.3, 0.4) is 0 Å². The van der Waals surface area contributed by atoms with Crippen LogP contribution in [0.15, 0.2) is 18.2 Å². The molecular formula is C14H18ClF2N. The highest BCUT2D eigenvalue weighted by atomic mass is 35.5. The molecule has 100 valence electrons. The van der Waals surface area contributed by atoms with Gasteiger partial charge in [0.2, 0.25) is 0 Å². The molecule has 1 saturated carbocycles. The zero-order valence-electron chi connectivity index (χ0n) is 10.3. The number of benzene rings is 1. The summed E-state index contributed by atoms with van der Waals surface area (Å²) in [4.78, 5) is 0. The molecule has 1 N–H and O–H groups in total. The van der Waals surface area contributed by atoms with Crippen molar-refractivity contribution in [1.82, 2.24) is 5.32 Å². The molecule has 2 unspecified atom stereocenters. The van der Waals surface area contributed by atoms with E-state index in [-0.39, 0.29) is 5.82 Å². The van der Waals surface area contributed by atoms with Crippen LogP contribution < -0.4 is 5.32 Å². The summed E-state index contributed by atoms with van der Waals surface area (Å²) in [7, 11) is 0. The van der Waals surface area contributed by atoms with E-state index in [9.17, 15) is 8.78 Å². The van der Waals surface area contributed by atoms with Gasteiger partial charge in [-0.05, 0) is 49.4 Å². The number of hydrogen-bond donors (Lipinski definition) is 1. The lowest BCUT2D eigenvalue weighted by Gasteiger charge is -2.17. The molecule has 0 aliphatic heterocycles. The Morgan fingerprint density at radius 1 is 1.22 bits per heavy atom. The number of alkyl halides is 1. The van der Waals surface area contributed by atoms with Gasteiger partial charge in [-0.25, -0.2) is 8.78 Å². The van der Waals surface area contributed by atoms with E-state index < -0.39 is 5.82 Å². The average molecular weight is 274 g/mol. The zero-order valence-corrected chi connectivity index (χ0v) is 11.0. The highest BCUT2D eigenvalue weighted by Crippen LogP contribution is 2.31. The maximum atomic E-state index is 13.4. The molecule has 1 aromatic carbocycles. The number of nitrogens with one attached hydrogen (secondary N) is 1. The summed E-state index contributed by atoms with van der Waals surface area (Å²) >= 11 is 5.91. The molecular weight excluding hydrogens is 256 g/mol. The first-order valence-corrected chi connectivity index (χ1v) is 6.94. The van der Waals surface area contributed by atoms with Crippen LogP contribution in [-0.2, 0) is 6.54 Å². The van der Waals surface area contributed by atoms with Crippen LogP contribution >= 0.6 is 11.6 Å². The Kier molecular flexibility index (Phi) is 4.95.